The van der Waals surface area contributed by atoms with Crippen molar-refractivity contribution >= 4 is 12.2 Å². The summed E-state index contributed by atoms with van der Waals surface area (Å²) in [5, 5.41) is 28.5. The van der Waals surface area contributed by atoms with Crippen LogP contribution < -0.4 is 5.56 Å². The van der Waals surface area contributed by atoms with Crippen LogP contribution in [0.15, 0.2) is 11.0 Å². The maximum atomic E-state index is 11.3. The molecule has 4 atom stereocenters. The average Bonchev–Trinajstić information content (AvgIpc) is 2.61. The summed E-state index contributed by atoms with van der Waals surface area (Å²) in [5.74, 6) is 0. The number of aryl methyl sites for hydroxylation is 1. The number of hydrogen-bond acceptors (Lipinski definition) is 6. The van der Waals surface area contributed by atoms with Crippen molar-refractivity contribution in [1.82, 2.24) is 9.55 Å². The number of aliphatic hydroxyl groups excluding tert-OH is 3. The third-order valence-electron chi connectivity index (χ3n) is 2.94. The Hall–Kier alpha value is -1.06. The molecule has 7 nitrogen and oxygen atoms in total. The molecule has 100 valence electrons. The lowest BCUT2D eigenvalue weighted by Crippen LogP contribution is -2.33. The smallest absolute Gasteiger partial charge is 0.254 e. The van der Waals surface area contributed by atoms with E-state index in [9.17, 15) is 15.0 Å². The van der Waals surface area contributed by atoms with E-state index in [4.69, 9.17) is 22.1 Å². The van der Waals surface area contributed by atoms with Gasteiger partial charge in [0.05, 0.1) is 6.61 Å². The number of nitrogens with one attached hydrogen (secondary N) is 1. The monoisotopic (exact) mass is 274 g/mol. The van der Waals surface area contributed by atoms with Gasteiger partial charge in [0.15, 0.2) is 11.0 Å². The van der Waals surface area contributed by atoms with Gasteiger partial charge in [0.25, 0.3) is 5.56 Å². The first-order valence-electron chi connectivity index (χ1n) is 5.40. The minimum Gasteiger partial charge on any atom is -0.394 e. The van der Waals surface area contributed by atoms with Crippen LogP contribution in [0.4, 0.5) is 0 Å². The highest BCUT2D eigenvalue weighted by Crippen LogP contribution is 2.29. The van der Waals surface area contributed by atoms with E-state index in [1.807, 2.05) is 0 Å². The van der Waals surface area contributed by atoms with E-state index in [1.165, 1.54) is 10.8 Å². The van der Waals surface area contributed by atoms with E-state index in [0.717, 1.165) is 0 Å². The highest BCUT2D eigenvalue weighted by Gasteiger charge is 2.43. The van der Waals surface area contributed by atoms with Crippen LogP contribution >= 0.6 is 12.2 Å². The van der Waals surface area contributed by atoms with Crippen molar-refractivity contribution in [3.63, 3.8) is 0 Å². The topological polar surface area (TPSA) is 108 Å². The Balaban J connectivity index is 2.42. The van der Waals surface area contributed by atoms with Crippen molar-refractivity contribution in [2.24, 2.45) is 0 Å². The van der Waals surface area contributed by atoms with Gasteiger partial charge in [0.2, 0.25) is 0 Å². The van der Waals surface area contributed by atoms with Gasteiger partial charge in [-0.2, -0.15) is 0 Å². The van der Waals surface area contributed by atoms with E-state index in [2.05, 4.69) is 4.98 Å². The molecule has 0 aromatic carbocycles. The summed E-state index contributed by atoms with van der Waals surface area (Å²) in [7, 11) is 0. The molecule has 0 bridgehead atoms. The summed E-state index contributed by atoms with van der Waals surface area (Å²) < 4.78 is 6.76. The molecule has 1 aromatic heterocycles. The molecule has 2 rings (SSSR count). The van der Waals surface area contributed by atoms with E-state index < -0.39 is 31.1 Å². The summed E-state index contributed by atoms with van der Waals surface area (Å²) in [6, 6.07) is 0. The molecule has 18 heavy (non-hydrogen) atoms. The molecule has 1 aromatic rings. The Bertz CT molecular complexity index is 554. The lowest BCUT2D eigenvalue weighted by atomic mass is 10.1. The first-order chi connectivity index (χ1) is 8.45. The van der Waals surface area contributed by atoms with Crippen molar-refractivity contribution in [3.8, 4) is 0 Å². The van der Waals surface area contributed by atoms with Crippen LogP contribution in [0, 0.1) is 11.7 Å². The first-order valence-corrected chi connectivity index (χ1v) is 5.81. The van der Waals surface area contributed by atoms with Crippen LogP contribution in [0.3, 0.4) is 0 Å². The summed E-state index contributed by atoms with van der Waals surface area (Å²) in [6.45, 7) is 1.18. The average molecular weight is 274 g/mol. The summed E-state index contributed by atoms with van der Waals surface area (Å²) in [6.07, 6.45) is -2.78. The van der Waals surface area contributed by atoms with E-state index >= 15 is 0 Å². The fourth-order valence-electron chi connectivity index (χ4n) is 1.88. The zero-order valence-corrected chi connectivity index (χ0v) is 10.4. The number of hydrogen-bond donors (Lipinski definition) is 4. The van der Waals surface area contributed by atoms with Crippen molar-refractivity contribution in [2.75, 3.05) is 6.61 Å². The summed E-state index contributed by atoms with van der Waals surface area (Å²) >= 11 is 4.97. The lowest BCUT2D eigenvalue weighted by molar-refractivity contribution is -0.0542. The highest BCUT2D eigenvalue weighted by atomic mass is 32.1. The molecule has 2 heterocycles. The lowest BCUT2D eigenvalue weighted by Gasteiger charge is -2.18. The number of H-pyrrole nitrogens is 1. The molecule has 0 aliphatic carbocycles. The molecule has 0 unspecified atom stereocenters. The fourth-order valence-corrected chi connectivity index (χ4v) is 2.13. The van der Waals surface area contributed by atoms with Crippen LogP contribution in [-0.2, 0) is 4.74 Å². The minimum atomic E-state index is -1.22. The molecule has 1 fully saturated rings. The number of nitrogens with zero attached hydrogens (tertiary/aromatic N) is 1. The Morgan fingerprint density at radius 2 is 2.17 bits per heavy atom. The Morgan fingerprint density at radius 3 is 2.72 bits per heavy atom. The Morgan fingerprint density at radius 1 is 1.50 bits per heavy atom. The molecular weight excluding hydrogens is 260 g/mol. The molecule has 0 spiro atoms. The quantitative estimate of drug-likeness (QED) is 0.506. The zero-order valence-electron chi connectivity index (χ0n) is 9.61. The number of aromatic amines is 1. The van der Waals surface area contributed by atoms with Crippen LogP contribution in [0.5, 0.6) is 0 Å². The predicted molar refractivity (Wildman–Crippen MR) is 63.6 cm³/mol. The van der Waals surface area contributed by atoms with Crippen LogP contribution in [0.1, 0.15) is 11.8 Å². The van der Waals surface area contributed by atoms with Gasteiger partial charge in [0.1, 0.15) is 18.3 Å². The number of aliphatic hydroxyl groups is 3. The van der Waals surface area contributed by atoms with Crippen molar-refractivity contribution in [1.29, 1.82) is 0 Å². The third kappa shape index (κ3) is 2.13. The van der Waals surface area contributed by atoms with Gasteiger partial charge in [-0.3, -0.25) is 14.3 Å². The molecule has 1 saturated heterocycles. The standard InChI is InChI=1S/C10H14N2O5S/c1-4-2-12(10(18)11-8(4)16)9-7(15)6(14)5(3-13)17-9/h2,5-7,9,13-15H,3H2,1H3,(H,11,16,18)/t5-,6-,7+,9-/m1/s1. The number of rotatable bonds is 2. The maximum Gasteiger partial charge on any atom is 0.254 e. The van der Waals surface area contributed by atoms with Crippen LogP contribution in [0.2, 0.25) is 0 Å². The Labute approximate surface area is 107 Å². The van der Waals surface area contributed by atoms with Gasteiger partial charge in [0, 0.05) is 11.8 Å². The largest absolute Gasteiger partial charge is 0.394 e. The van der Waals surface area contributed by atoms with Crippen molar-refractivity contribution in [3.05, 3.63) is 26.9 Å². The minimum absolute atomic E-state index is 0.0837. The second-order valence-electron chi connectivity index (χ2n) is 4.21. The van der Waals surface area contributed by atoms with Gasteiger partial charge in [-0.05, 0) is 19.1 Å². The summed E-state index contributed by atoms with van der Waals surface area (Å²) in [4.78, 5) is 13.8. The maximum absolute atomic E-state index is 11.3. The normalized spacial score (nSPS) is 31.8. The molecule has 0 amide bonds. The zero-order chi connectivity index (χ0) is 13.4. The summed E-state index contributed by atoms with van der Waals surface area (Å²) in [5.41, 5.74) is 0.0873. The predicted octanol–water partition coefficient (Wildman–Crippen LogP) is -1.17. The van der Waals surface area contributed by atoms with Crippen LogP contribution in [-0.4, -0.2) is 49.8 Å². The van der Waals surface area contributed by atoms with E-state index in [1.54, 1.807) is 6.92 Å². The molecule has 1 aliphatic heterocycles. The van der Waals surface area contributed by atoms with Gasteiger partial charge in [-0.15, -0.1) is 0 Å². The van der Waals surface area contributed by atoms with Gasteiger partial charge in [-0.25, -0.2) is 0 Å². The molecular formula is C10H14N2O5S. The Kier molecular flexibility index (Phi) is 3.64. The second kappa shape index (κ2) is 4.90. The highest BCUT2D eigenvalue weighted by molar-refractivity contribution is 7.71. The number of ether oxygens (including phenoxy) is 1. The van der Waals surface area contributed by atoms with Crippen molar-refractivity contribution < 1.29 is 20.1 Å². The van der Waals surface area contributed by atoms with E-state index in [0.29, 0.717) is 5.56 Å². The van der Waals surface area contributed by atoms with Gasteiger partial charge >= 0.3 is 0 Å². The molecule has 8 heteroatoms. The van der Waals surface area contributed by atoms with Crippen LogP contribution in [0.25, 0.3) is 0 Å². The number of aromatic nitrogens is 2. The van der Waals surface area contributed by atoms with Crippen molar-refractivity contribution in [2.45, 2.75) is 31.5 Å². The first kappa shape index (κ1) is 13.4. The molecule has 1 aliphatic rings. The second-order valence-corrected chi connectivity index (χ2v) is 4.59. The van der Waals surface area contributed by atoms with E-state index in [-0.39, 0.29) is 10.3 Å². The van der Waals surface area contributed by atoms with Gasteiger partial charge in [-0.1, -0.05) is 0 Å². The third-order valence-corrected chi connectivity index (χ3v) is 3.25. The SMILES string of the molecule is Cc1cn([C@@H]2O[C@H](CO)[C@@H](O)[C@@H]2O)c(=S)[nH]c1=O. The molecule has 0 saturated carbocycles. The molecule has 4 N–H and O–H groups in total. The van der Waals surface area contributed by atoms with Gasteiger partial charge < -0.3 is 20.1 Å². The fraction of sp³-hybridized carbons (Fsp3) is 0.600. The molecule has 0 radical (unpaired) electrons.